The van der Waals surface area contributed by atoms with Crippen LogP contribution in [0.15, 0.2) is 60.0 Å². The van der Waals surface area contributed by atoms with E-state index in [0.29, 0.717) is 22.3 Å². The van der Waals surface area contributed by atoms with Crippen molar-refractivity contribution in [1.29, 1.82) is 5.26 Å². The van der Waals surface area contributed by atoms with Crippen molar-refractivity contribution in [1.82, 2.24) is 10.2 Å². The highest BCUT2D eigenvalue weighted by Gasteiger charge is 2.34. The highest BCUT2D eigenvalue weighted by molar-refractivity contribution is 6.33. The van der Waals surface area contributed by atoms with Crippen LogP contribution < -0.4 is 20.5 Å². The summed E-state index contributed by atoms with van der Waals surface area (Å²) in [7, 11) is 0. The number of hydrogen-bond acceptors (Lipinski definition) is 6. The number of anilines is 1. The number of benzene rings is 2. The zero-order chi connectivity index (χ0) is 22.0. The topological polar surface area (TPSA) is 126 Å². The van der Waals surface area contributed by atoms with Gasteiger partial charge in [0.2, 0.25) is 11.8 Å². The van der Waals surface area contributed by atoms with Gasteiger partial charge in [0, 0.05) is 11.3 Å². The maximum atomic E-state index is 12.2. The second-order valence-corrected chi connectivity index (χ2v) is 7.29. The molecule has 1 amide bonds. The van der Waals surface area contributed by atoms with E-state index in [1.54, 1.807) is 42.5 Å². The van der Waals surface area contributed by atoms with Crippen LogP contribution in [0.5, 0.6) is 11.6 Å². The first-order valence-electron chi connectivity index (χ1n) is 9.37. The molecule has 0 spiro atoms. The van der Waals surface area contributed by atoms with Gasteiger partial charge in [-0.05, 0) is 36.8 Å². The van der Waals surface area contributed by atoms with Crippen LogP contribution >= 0.6 is 11.6 Å². The Labute approximate surface area is 183 Å². The lowest BCUT2D eigenvalue weighted by atomic mass is 9.84. The fourth-order valence-corrected chi connectivity index (χ4v) is 3.60. The third-order valence-corrected chi connectivity index (χ3v) is 5.17. The molecule has 1 atom stereocenters. The van der Waals surface area contributed by atoms with Gasteiger partial charge in [0.1, 0.15) is 17.4 Å². The Morgan fingerprint density at radius 2 is 2.16 bits per heavy atom. The number of aromatic amines is 1. The van der Waals surface area contributed by atoms with Crippen LogP contribution in [0, 0.1) is 18.3 Å². The van der Waals surface area contributed by atoms with Crippen molar-refractivity contribution in [2.45, 2.75) is 12.8 Å². The van der Waals surface area contributed by atoms with Crippen LogP contribution in [0.2, 0.25) is 5.02 Å². The molecule has 156 valence electrons. The smallest absolute Gasteiger partial charge is 0.262 e. The van der Waals surface area contributed by atoms with E-state index in [9.17, 15) is 10.1 Å². The minimum Gasteiger partial charge on any atom is -0.484 e. The Morgan fingerprint density at radius 1 is 1.35 bits per heavy atom. The van der Waals surface area contributed by atoms with Crippen LogP contribution in [-0.2, 0) is 4.79 Å². The number of amides is 1. The van der Waals surface area contributed by atoms with Crippen molar-refractivity contribution in [2.24, 2.45) is 5.73 Å². The van der Waals surface area contributed by atoms with Crippen LogP contribution in [0.25, 0.3) is 0 Å². The second-order valence-electron chi connectivity index (χ2n) is 6.88. The predicted octanol–water partition coefficient (Wildman–Crippen LogP) is 3.61. The third kappa shape index (κ3) is 4.04. The molecule has 2 heterocycles. The molecule has 0 radical (unpaired) electrons. The number of carbonyl (C=O) groups excluding carboxylic acids is 1. The largest absolute Gasteiger partial charge is 0.484 e. The van der Waals surface area contributed by atoms with Gasteiger partial charge in [0.15, 0.2) is 6.61 Å². The maximum absolute atomic E-state index is 12.2. The summed E-state index contributed by atoms with van der Waals surface area (Å²) in [6, 6.07) is 16.2. The van der Waals surface area contributed by atoms with E-state index in [-0.39, 0.29) is 24.0 Å². The molecule has 0 saturated heterocycles. The van der Waals surface area contributed by atoms with E-state index in [4.69, 9.17) is 26.8 Å². The maximum Gasteiger partial charge on any atom is 0.262 e. The lowest BCUT2D eigenvalue weighted by Gasteiger charge is -2.24. The van der Waals surface area contributed by atoms with Crippen LogP contribution in [0.4, 0.5) is 5.69 Å². The molecule has 1 aliphatic rings. The molecule has 0 fully saturated rings. The zero-order valence-corrected chi connectivity index (χ0v) is 17.2. The Kier molecular flexibility index (Phi) is 5.52. The standard InChI is InChI=1S/C22H18ClN5O3/c1-12-19-20(15(10-24)21(25)31-22(19)28-27-12)13-5-4-6-14(9-13)30-11-18(29)26-17-8-3-2-7-16(17)23/h2-9,20H,11,25H2,1H3,(H,26,29)(H,27,28). The number of ether oxygens (including phenoxy) is 2. The molecule has 2 aromatic carbocycles. The van der Waals surface area contributed by atoms with E-state index >= 15 is 0 Å². The van der Waals surface area contributed by atoms with Gasteiger partial charge in [-0.25, -0.2) is 0 Å². The molecule has 0 aliphatic carbocycles. The van der Waals surface area contributed by atoms with Gasteiger partial charge < -0.3 is 20.5 Å². The lowest BCUT2D eigenvalue weighted by molar-refractivity contribution is -0.118. The summed E-state index contributed by atoms with van der Waals surface area (Å²) in [5.41, 5.74) is 9.01. The number of fused-ring (bicyclic) bond motifs is 1. The van der Waals surface area contributed by atoms with Crippen molar-refractivity contribution in [3.63, 3.8) is 0 Å². The van der Waals surface area contributed by atoms with E-state index in [1.165, 1.54) is 0 Å². The molecule has 0 saturated carbocycles. The first kappa shape index (κ1) is 20.3. The normalized spacial score (nSPS) is 14.9. The highest BCUT2D eigenvalue weighted by atomic mass is 35.5. The van der Waals surface area contributed by atoms with Crippen molar-refractivity contribution in [2.75, 3.05) is 11.9 Å². The molecule has 4 N–H and O–H groups in total. The number of carbonyl (C=O) groups is 1. The zero-order valence-electron chi connectivity index (χ0n) is 16.5. The van der Waals surface area contributed by atoms with Gasteiger partial charge in [-0.1, -0.05) is 35.9 Å². The third-order valence-electron chi connectivity index (χ3n) is 4.84. The molecule has 31 heavy (non-hydrogen) atoms. The molecule has 3 aromatic rings. The summed E-state index contributed by atoms with van der Waals surface area (Å²) in [5.74, 6) is 0.00521. The Hall–Kier alpha value is -3.96. The van der Waals surface area contributed by atoms with Crippen LogP contribution in [0.3, 0.4) is 0 Å². The molecule has 0 bridgehead atoms. The fourth-order valence-electron chi connectivity index (χ4n) is 3.41. The number of hydrogen-bond donors (Lipinski definition) is 3. The van der Waals surface area contributed by atoms with E-state index in [2.05, 4.69) is 21.6 Å². The molecule has 8 nitrogen and oxygen atoms in total. The van der Waals surface area contributed by atoms with Gasteiger partial charge in [-0.3, -0.25) is 9.89 Å². The Bertz CT molecular complexity index is 1230. The number of aromatic nitrogens is 2. The minimum atomic E-state index is -0.465. The summed E-state index contributed by atoms with van der Waals surface area (Å²) >= 11 is 6.06. The number of nitrogens with one attached hydrogen (secondary N) is 2. The average molecular weight is 436 g/mol. The number of H-pyrrole nitrogens is 1. The number of rotatable bonds is 5. The van der Waals surface area contributed by atoms with E-state index in [1.807, 2.05) is 13.0 Å². The Morgan fingerprint density at radius 3 is 2.94 bits per heavy atom. The van der Waals surface area contributed by atoms with E-state index in [0.717, 1.165) is 16.8 Å². The summed E-state index contributed by atoms with van der Waals surface area (Å²) in [5, 5.41) is 19.8. The summed E-state index contributed by atoms with van der Waals surface area (Å²) < 4.78 is 11.1. The quantitative estimate of drug-likeness (QED) is 0.562. The van der Waals surface area contributed by atoms with Gasteiger partial charge >= 0.3 is 0 Å². The molecule has 1 aromatic heterocycles. The van der Waals surface area contributed by atoms with E-state index < -0.39 is 5.92 Å². The summed E-state index contributed by atoms with van der Waals surface area (Å²) in [6.45, 7) is 1.64. The summed E-state index contributed by atoms with van der Waals surface area (Å²) in [4.78, 5) is 12.2. The molecule has 1 unspecified atom stereocenters. The van der Waals surface area contributed by atoms with Gasteiger partial charge in [0.25, 0.3) is 5.91 Å². The number of nitriles is 1. The predicted molar refractivity (Wildman–Crippen MR) is 115 cm³/mol. The van der Waals surface area contributed by atoms with Crippen molar-refractivity contribution >= 4 is 23.2 Å². The lowest BCUT2D eigenvalue weighted by Crippen LogP contribution is -2.21. The van der Waals surface area contributed by atoms with Crippen LogP contribution in [-0.4, -0.2) is 22.7 Å². The fraction of sp³-hybridized carbons (Fsp3) is 0.136. The number of nitrogens with two attached hydrogens (primary N) is 1. The van der Waals surface area contributed by atoms with Crippen molar-refractivity contribution < 1.29 is 14.3 Å². The van der Waals surface area contributed by atoms with Gasteiger partial charge in [0.05, 0.1) is 16.6 Å². The monoisotopic (exact) mass is 435 g/mol. The number of para-hydroxylation sites is 1. The Balaban J connectivity index is 1.55. The number of halogens is 1. The van der Waals surface area contributed by atoms with Crippen molar-refractivity contribution in [3.8, 4) is 17.7 Å². The average Bonchev–Trinajstić information content (AvgIpc) is 3.13. The molecule has 1 aliphatic heterocycles. The molecular formula is C22H18ClN5O3. The molecule has 9 heteroatoms. The van der Waals surface area contributed by atoms with Gasteiger partial charge in [-0.2, -0.15) is 5.26 Å². The molecule has 4 rings (SSSR count). The molecular weight excluding hydrogens is 418 g/mol. The van der Waals surface area contributed by atoms with Crippen LogP contribution in [0.1, 0.15) is 22.7 Å². The van der Waals surface area contributed by atoms with Gasteiger partial charge in [-0.15, -0.1) is 5.10 Å². The highest BCUT2D eigenvalue weighted by Crippen LogP contribution is 2.43. The first-order valence-corrected chi connectivity index (χ1v) is 9.75. The number of allylic oxidation sites excluding steroid dienone is 1. The van der Waals surface area contributed by atoms with Crippen molar-refractivity contribution in [3.05, 3.63) is 81.8 Å². The minimum absolute atomic E-state index is 0.0111. The second kappa shape index (κ2) is 8.42. The summed E-state index contributed by atoms with van der Waals surface area (Å²) in [6.07, 6.45) is 0. The SMILES string of the molecule is Cc1[nH]nc2c1C(c1cccc(OCC(=O)Nc3ccccc3Cl)c1)C(C#N)=C(N)O2. The number of aryl methyl sites for hydroxylation is 1. The number of nitrogens with zero attached hydrogens (tertiary/aromatic N) is 2. The first-order chi connectivity index (χ1) is 15.0.